The van der Waals surface area contributed by atoms with Crippen molar-refractivity contribution >= 4 is 24.4 Å². The minimum atomic E-state index is -0.139. The molecule has 1 rings (SSSR count). The third-order valence-electron chi connectivity index (χ3n) is 1.41. The number of nitrogens with zero attached hydrogens (tertiary/aromatic N) is 1. The van der Waals surface area contributed by atoms with Gasteiger partial charge in [0.25, 0.3) is 0 Å². The van der Waals surface area contributed by atoms with Crippen LogP contribution in [0.5, 0.6) is 0 Å². The summed E-state index contributed by atoms with van der Waals surface area (Å²) in [5.41, 5.74) is 0.952. The van der Waals surface area contributed by atoms with Crippen LogP contribution in [0.3, 0.4) is 0 Å². The van der Waals surface area contributed by atoms with Gasteiger partial charge in [-0.15, -0.1) is 0 Å². The minimum Gasteiger partial charge on any atom is -0.310 e. The van der Waals surface area contributed by atoms with Gasteiger partial charge in [-0.05, 0) is 18.6 Å². The zero-order valence-electron chi connectivity index (χ0n) is 6.74. The number of aromatic nitrogens is 1. The summed E-state index contributed by atoms with van der Waals surface area (Å²) in [5.74, 6) is 0.646. The second kappa shape index (κ2) is 4.11. The molecule has 3 nitrogen and oxygen atoms in total. The number of pyridine rings is 1. The molecule has 0 spiro atoms. The molecule has 0 atom stereocenters. The first kappa shape index (κ1) is 9.06. The maximum absolute atomic E-state index is 10.9. The highest BCUT2D eigenvalue weighted by Crippen LogP contribution is 2.08. The van der Waals surface area contributed by atoms with Crippen LogP contribution < -0.4 is 5.32 Å². The summed E-state index contributed by atoms with van der Waals surface area (Å²) in [6.45, 7) is 1.89. The predicted octanol–water partition coefficient (Wildman–Crippen LogP) is 1.26. The molecule has 0 aliphatic heterocycles. The monoisotopic (exact) mass is 182 g/mol. The average molecular weight is 182 g/mol. The van der Waals surface area contributed by atoms with Crippen LogP contribution in [0.4, 0.5) is 5.82 Å². The highest BCUT2D eigenvalue weighted by Gasteiger charge is 2.01. The van der Waals surface area contributed by atoms with E-state index in [4.69, 9.17) is 0 Å². The van der Waals surface area contributed by atoms with Crippen LogP contribution in [0.2, 0.25) is 0 Å². The lowest BCUT2D eigenvalue weighted by Crippen LogP contribution is -2.14. The van der Waals surface area contributed by atoms with Crippen LogP contribution in [0, 0.1) is 6.92 Å². The summed E-state index contributed by atoms with van der Waals surface area (Å²) < 4.78 is 0. The lowest BCUT2D eigenvalue weighted by Gasteiger charge is -2.03. The summed E-state index contributed by atoms with van der Waals surface area (Å²) in [4.78, 5) is 14.9. The van der Waals surface area contributed by atoms with Crippen LogP contribution in [0.1, 0.15) is 5.56 Å². The van der Waals surface area contributed by atoms with Gasteiger partial charge in [-0.3, -0.25) is 4.79 Å². The lowest BCUT2D eigenvalue weighted by molar-refractivity contribution is -0.113. The second-order valence-electron chi connectivity index (χ2n) is 2.38. The third kappa shape index (κ3) is 2.23. The van der Waals surface area contributed by atoms with E-state index < -0.39 is 0 Å². The van der Waals surface area contributed by atoms with Crippen LogP contribution in [-0.4, -0.2) is 16.6 Å². The van der Waals surface area contributed by atoms with Crippen molar-refractivity contribution in [1.29, 1.82) is 0 Å². The predicted molar refractivity (Wildman–Crippen MR) is 51.5 cm³/mol. The van der Waals surface area contributed by atoms with E-state index in [1.165, 1.54) is 0 Å². The van der Waals surface area contributed by atoms with Crippen molar-refractivity contribution in [2.75, 3.05) is 11.1 Å². The number of rotatable bonds is 2. The van der Waals surface area contributed by atoms with Gasteiger partial charge in [0.05, 0.1) is 5.75 Å². The Kier molecular flexibility index (Phi) is 3.10. The van der Waals surface area contributed by atoms with Gasteiger partial charge in [0.2, 0.25) is 5.91 Å². The molecule has 12 heavy (non-hydrogen) atoms. The standard InChI is InChI=1S/C8H10N2OS/c1-6-3-2-4-9-8(6)10-7(11)5-12/h2-4,12H,5H2,1H3,(H,9,10,11). The summed E-state index contributed by atoms with van der Waals surface area (Å²) in [7, 11) is 0. The maximum Gasteiger partial charge on any atom is 0.235 e. The van der Waals surface area contributed by atoms with E-state index in [0.717, 1.165) is 5.56 Å². The van der Waals surface area contributed by atoms with E-state index >= 15 is 0 Å². The number of hydrogen-bond donors (Lipinski definition) is 2. The van der Waals surface area contributed by atoms with E-state index in [2.05, 4.69) is 22.9 Å². The van der Waals surface area contributed by atoms with Crippen molar-refractivity contribution < 1.29 is 4.79 Å². The molecule has 1 N–H and O–H groups in total. The van der Waals surface area contributed by atoms with Crippen molar-refractivity contribution in [3.8, 4) is 0 Å². The van der Waals surface area contributed by atoms with Crippen molar-refractivity contribution in [3.05, 3.63) is 23.9 Å². The largest absolute Gasteiger partial charge is 0.310 e. The molecule has 4 heteroatoms. The van der Waals surface area contributed by atoms with Gasteiger partial charge >= 0.3 is 0 Å². The van der Waals surface area contributed by atoms with Gasteiger partial charge in [0.1, 0.15) is 5.82 Å². The molecule has 0 aromatic carbocycles. The average Bonchev–Trinajstić information content (AvgIpc) is 2.09. The van der Waals surface area contributed by atoms with E-state index in [0.29, 0.717) is 5.82 Å². The number of hydrogen-bond acceptors (Lipinski definition) is 3. The molecule has 1 amide bonds. The molecule has 0 aliphatic carbocycles. The number of amides is 1. The maximum atomic E-state index is 10.9. The van der Waals surface area contributed by atoms with Crippen molar-refractivity contribution in [2.24, 2.45) is 0 Å². The van der Waals surface area contributed by atoms with Gasteiger partial charge in [-0.1, -0.05) is 6.07 Å². The Morgan fingerprint density at radius 3 is 3.08 bits per heavy atom. The number of nitrogens with one attached hydrogen (secondary N) is 1. The Labute approximate surface area is 76.6 Å². The third-order valence-corrected chi connectivity index (χ3v) is 1.70. The number of carbonyl (C=O) groups excluding carboxylic acids is 1. The van der Waals surface area contributed by atoms with Crippen LogP contribution in [-0.2, 0) is 4.79 Å². The molecule has 0 saturated carbocycles. The Bertz CT molecular complexity index is 288. The molecular weight excluding hydrogens is 172 g/mol. The summed E-state index contributed by atoms with van der Waals surface area (Å²) >= 11 is 3.84. The van der Waals surface area contributed by atoms with Crippen molar-refractivity contribution in [1.82, 2.24) is 4.98 Å². The van der Waals surface area contributed by atoms with E-state index in [1.54, 1.807) is 6.20 Å². The fraction of sp³-hybridized carbons (Fsp3) is 0.250. The van der Waals surface area contributed by atoms with Gasteiger partial charge in [0, 0.05) is 6.20 Å². The fourth-order valence-corrected chi connectivity index (χ4v) is 0.867. The first-order valence-electron chi connectivity index (χ1n) is 3.56. The molecule has 0 unspecified atom stereocenters. The molecule has 0 bridgehead atoms. The lowest BCUT2D eigenvalue weighted by atomic mass is 10.3. The highest BCUT2D eigenvalue weighted by atomic mass is 32.1. The summed E-state index contributed by atoms with van der Waals surface area (Å²) in [6.07, 6.45) is 1.64. The molecule has 0 radical (unpaired) electrons. The number of thiol groups is 1. The second-order valence-corrected chi connectivity index (χ2v) is 2.69. The first-order valence-corrected chi connectivity index (χ1v) is 4.19. The van der Waals surface area contributed by atoms with E-state index in [1.807, 2.05) is 19.1 Å². The summed E-state index contributed by atoms with van der Waals surface area (Å²) in [5, 5.41) is 2.63. The zero-order chi connectivity index (χ0) is 8.97. The SMILES string of the molecule is Cc1cccnc1NC(=O)CS. The van der Waals surface area contributed by atoms with Crippen molar-refractivity contribution in [3.63, 3.8) is 0 Å². The quantitative estimate of drug-likeness (QED) is 0.676. The Hall–Kier alpha value is -1.03. The molecule has 1 heterocycles. The van der Waals surface area contributed by atoms with Gasteiger partial charge < -0.3 is 5.32 Å². The van der Waals surface area contributed by atoms with Crippen LogP contribution in [0.25, 0.3) is 0 Å². The molecule has 0 fully saturated rings. The number of anilines is 1. The number of aryl methyl sites for hydroxylation is 1. The van der Waals surface area contributed by atoms with Crippen molar-refractivity contribution in [2.45, 2.75) is 6.92 Å². The Morgan fingerprint density at radius 1 is 1.75 bits per heavy atom. The summed E-state index contributed by atoms with van der Waals surface area (Å²) in [6, 6.07) is 3.72. The Balaban J connectivity index is 2.75. The van der Waals surface area contributed by atoms with E-state index in [-0.39, 0.29) is 11.7 Å². The highest BCUT2D eigenvalue weighted by molar-refractivity contribution is 7.81. The topological polar surface area (TPSA) is 42.0 Å². The smallest absolute Gasteiger partial charge is 0.235 e. The molecular formula is C8H10N2OS. The molecule has 0 aliphatic rings. The fourth-order valence-electron chi connectivity index (χ4n) is 0.788. The molecule has 1 aromatic heterocycles. The van der Waals surface area contributed by atoms with E-state index in [9.17, 15) is 4.79 Å². The van der Waals surface area contributed by atoms with Gasteiger partial charge in [0.15, 0.2) is 0 Å². The van der Waals surface area contributed by atoms with Crippen LogP contribution >= 0.6 is 12.6 Å². The first-order chi connectivity index (χ1) is 5.74. The molecule has 0 saturated heterocycles. The normalized spacial score (nSPS) is 9.50. The van der Waals surface area contributed by atoms with Crippen LogP contribution in [0.15, 0.2) is 18.3 Å². The number of carbonyl (C=O) groups is 1. The van der Waals surface area contributed by atoms with Gasteiger partial charge in [-0.25, -0.2) is 4.98 Å². The molecule has 64 valence electrons. The zero-order valence-corrected chi connectivity index (χ0v) is 7.64. The molecule has 1 aromatic rings. The minimum absolute atomic E-state index is 0.139. The van der Waals surface area contributed by atoms with Gasteiger partial charge in [-0.2, -0.15) is 12.6 Å². The Morgan fingerprint density at radius 2 is 2.50 bits per heavy atom.